The van der Waals surface area contributed by atoms with Gasteiger partial charge in [0.2, 0.25) is 10.0 Å². The van der Waals surface area contributed by atoms with Gasteiger partial charge in [-0.3, -0.25) is 5.10 Å². The van der Waals surface area contributed by atoms with Crippen LogP contribution < -0.4 is 0 Å². The minimum Gasteiger partial charge on any atom is -0.281 e. The maximum atomic E-state index is 12.7. The van der Waals surface area contributed by atoms with E-state index in [1.54, 1.807) is 11.2 Å². The monoisotopic (exact) mass is 291 g/mol. The van der Waals surface area contributed by atoms with E-state index in [-0.39, 0.29) is 16.3 Å². The van der Waals surface area contributed by atoms with Crippen molar-refractivity contribution in [3.05, 3.63) is 11.4 Å². The van der Waals surface area contributed by atoms with Crippen LogP contribution in [0.1, 0.15) is 38.1 Å². The maximum Gasteiger partial charge on any atom is 0.247 e. The van der Waals surface area contributed by atoms with Crippen LogP contribution in [0.25, 0.3) is 0 Å². The molecule has 0 unspecified atom stereocenters. The summed E-state index contributed by atoms with van der Waals surface area (Å²) >= 11 is 5.76. The van der Waals surface area contributed by atoms with E-state index in [4.69, 9.17) is 11.6 Å². The minimum atomic E-state index is -3.52. The molecule has 18 heavy (non-hydrogen) atoms. The maximum absolute atomic E-state index is 12.7. The molecule has 1 saturated heterocycles. The molecule has 2 rings (SSSR count). The fourth-order valence-corrected chi connectivity index (χ4v) is 4.99. The van der Waals surface area contributed by atoms with Crippen LogP contribution in [0.15, 0.2) is 4.90 Å². The Hall–Kier alpha value is -0.590. The second-order valence-electron chi connectivity index (χ2n) is 5.25. The number of alkyl halides is 1. The Morgan fingerprint density at radius 2 is 2.17 bits per heavy atom. The fourth-order valence-electron chi connectivity index (χ4n) is 2.54. The Balaban J connectivity index is 2.52. The third-order valence-electron chi connectivity index (χ3n) is 3.46. The standard InChI is InChI=1S/C11H18ClN3O2S/c1-8-10(9(7-12)14-13-8)18(16,17)15-6-4-5-11(15,2)3/h4-7H2,1-3H3,(H,13,14). The van der Waals surface area contributed by atoms with Gasteiger partial charge in [0.05, 0.1) is 17.3 Å². The molecule has 1 fully saturated rings. The molecular weight excluding hydrogens is 274 g/mol. The van der Waals surface area contributed by atoms with Crippen LogP contribution in [0.3, 0.4) is 0 Å². The number of H-pyrrole nitrogens is 1. The zero-order valence-corrected chi connectivity index (χ0v) is 12.4. The first-order chi connectivity index (χ1) is 8.30. The summed E-state index contributed by atoms with van der Waals surface area (Å²) in [4.78, 5) is 0.243. The van der Waals surface area contributed by atoms with E-state index in [0.717, 1.165) is 12.8 Å². The Labute approximate surface area is 113 Å². The number of hydrogen-bond donors (Lipinski definition) is 1. The number of aromatic nitrogens is 2. The topological polar surface area (TPSA) is 66.1 Å². The van der Waals surface area contributed by atoms with Gasteiger partial charge in [-0.15, -0.1) is 11.6 Å². The predicted molar refractivity (Wildman–Crippen MR) is 70.1 cm³/mol. The molecule has 0 spiro atoms. The lowest BCUT2D eigenvalue weighted by Crippen LogP contribution is -2.42. The quantitative estimate of drug-likeness (QED) is 0.867. The van der Waals surface area contributed by atoms with E-state index in [1.807, 2.05) is 13.8 Å². The molecule has 0 aromatic carbocycles. The molecule has 0 aliphatic carbocycles. The van der Waals surface area contributed by atoms with Gasteiger partial charge >= 0.3 is 0 Å². The summed E-state index contributed by atoms with van der Waals surface area (Å²) in [6.07, 6.45) is 1.76. The van der Waals surface area contributed by atoms with Gasteiger partial charge in [-0.05, 0) is 33.6 Å². The number of rotatable bonds is 3. The van der Waals surface area contributed by atoms with Crippen LogP contribution in [0.2, 0.25) is 0 Å². The molecule has 1 aliphatic rings. The zero-order valence-electron chi connectivity index (χ0n) is 10.8. The van der Waals surface area contributed by atoms with Gasteiger partial charge in [0, 0.05) is 12.1 Å². The zero-order chi connectivity index (χ0) is 13.6. The van der Waals surface area contributed by atoms with Crippen molar-refractivity contribution in [3.63, 3.8) is 0 Å². The summed E-state index contributed by atoms with van der Waals surface area (Å²) < 4.78 is 27.0. The van der Waals surface area contributed by atoms with Crippen LogP contribution in [0.4, 0.5) is 0 Å². The smallest absolute Gasteiger partial charge is 0.247 e. The Morgan fingerprint density at radius 1 is 1.50 bits per heavy atom. The molecule has 102 valence electrons. The first kappa shape index (κ1) is 13.8. The molecule has 0 radical (unpaired) electrons. The number of aryl methyl sites for hydroxylation is 1. The van der Waals surface area contributed by atoms with Crippen molar-refractivity contribution in [2.45, 2.75) is 49.9 Å². The molecule has 1 aromatic heterocycles. The van der Waals surface area contributed by atoms with Gasteiger partial charge in [0.1, 0.15) is 4.90 Å². The van der Waals surface area contributed by atoms with Gasteiger partial charge in [0.15, 0.2) is 0 Å². The molecule has 0 atom stereocenters. The Morgan fingerprint density at radius 3 is 2.67 bits per heavy atom. The van der Waals surface area contributed by atoms with Crippen molar-refractivity contribution in [2.24, 2.45) is 0 Å². The average Bonchev–Trinajstić information content (AvgIpc) is 2.81. The third kappa shape index (κ3) is 2.06. The highest BCUT2D eigenvalue weighted by Crippen LogP contribution is 2.35. The summed E-state index contributed by atoms with van der Waals surface area (Å²) in [6.45, 7) is 6.17. The molecule has 2 heterocycles. The average molecular weight is 292 g/mol. The fraction of sp³-hybridized carbons (Fsp3) is 0.727. The lowest BCUT2D eigenvalue weighted by atomic mass is 10.0. The van der Waals surface area contributed by atoms with E-state index in [0.29, 0.717) is 17.9 Å². The summed E-state index contributed by atoms with van der Waals surface area (Å²) in [5.41, 5.74) is 0.608. The SMILES string of the molecule is Cc1[nH]nc(CCl)c1S(=O)(=O)N1CCCC1(C)C. The van der Waals surface area contributed by atoms with Crippen molar-refractivity contribution < 1.29 is 8.42 Å². The van der Waals surface area contributed by atoms with Gasteiger partial charge < -0.3 is 0 Å². The van der Waals surface area contributed by atoms with Gasteiger partial charge in [-0.2, -0.15) is 9.40 Å². The Kier molecular flexibility index (Phi) is 3.46. The number of halogens is 1. The van der Waals surface area contributed by atoms with Gasteiger partial charge in [-0.1, -0.05) is 0 Å². The van der Waals surface area contributed by atoms with E-state index >= 15 is 0 Å². The number of sulfonamides is 1. The van der Waals surface area contributed by atoms with Crippen molar-refractivity contribution in [1.29, 1.82) is 0 Å². The van der Waals surface area contributed by atoms with Crippen LogP contribution in [0, 0.1) is 6.92 Å². The molecule has 5 nitrogen and oxygen atoms in total. The summed E-state index contributed by atoms with van der Waals surface area (Å²) in [7, 11) is -3.52. The third-order valence-corrected chi connectivity index (χ3v) is 6.03. The molecular formula is C11H18ClN3O2S. The molecule has 0 amide bonds. The minimum absolute atomic E-state index is 0.0904. The van der Waals surface area contributed by atoms with Crippen LogP contribution in [-0.2, 0) is 15.9 Å². The second kappa shape index (κ2) is 4.51. The first-order valence-corrected chi connectivity index (χ1v) is 7.91. The first-order valence-electron chi connectivity index (χ1n) is 5.93. The Bertz CT molecular complexity index is 551. The summed E-state index contributed by atoms with van der Waals surface area (Å²) in [5.74, 6) is 0.0904. The van der Waals surface area contributed by atoms with Crippen molar-refractivity contribution in [2.75, 3.05) is 6.54 Å². The normalized spacial score (nSPS) is 20.4. The van der Waals surface area contributed by atoms with E-state index in [1.165, 1.54) is 0 Å². The van der Waals surface area contributed by atoms with Crippen LogP contribution in [0.5, 0.6) is 0 Å². The second-order valence-corrected chi connectivity index (χ2v) is 7.32. The lowest BCUT2D eigenvalue weighted by Gasteiger charge is -2.30. The molecule has 1 aliphatic heterocycles. The summed E-state index contributed by atoms with van der Waals surface area (Å²) in [5, 5.41) is 6.66. The van der Waals surface area contributed by atoms with Crippen LogP contribution >= 0.6 is 11.6 Å². The van der Waals surface area contributed by atoms with E-state index in [2.05, 4.69) is 10.2 Å². The van der Waals surface area contributed by atoms with Gasteiger partial charge in [-0.25, -0.2) is 8.42 Å². The molecule has 1 aromatic rings. The largest absolute Gasteiger partial charge is 0.281 e. The molecule has 7 heteroatoms. The van der Waals surface area contributed by atoms with Crippen LogP contribution in [-0.4, -0.2) is 35.0 Å². The number of nitrogens with zero attached hydrogens (tertiary/aromatic N) is 2. The number of hydrogen-bond acceptors (Lipinski definition) is 3. The molecule has 1 N–H and O–H groups in total. The van der Waals surface area contributed by atoms with Gasteiger partial charge in [0.25, 0.3) is 0 Å². The van der Waals surface area contributed by atoms with E-state index < -0.39 is 10.0 Å². The van der Waals surface area contributed by atoms with Crippen molar-refractivity contribution >= 4 is 21.6 Å². The highest BCUT2D eigenvalue weighted by molar-refractivity contribution is 7.89. The van der Waals surface area contributed by atoms with Crippen molar-refractivity contribution in [1.82, 2.24) is 14.5 Å². The predicted octanol–water partition coefficient (Wildman–Crippen LogP) is 2.02. The summed E-state index contributed by atoms with van der Waals surface area (Å²) in [6, 6.07) is 0. The lowest BCUT2D eigenvalue weighted by molar-refractivity contribution is 0.291. The highest BCUT2D eigenvalue weighted by Gasteiger charge is 2.42. The molecule has 0 saturated carbocycles. The number of aromatic amines is 1. The van der Waals surface area contributed by atoms with E-state index in [9.17, 15) is 8.42 Å². The number of nitrogens with one attached hydrogen (secondary N) is 1. The molecule has 0 bridgehead atoms. The van der Waals surface area contributed by atoms with Crippen molar-refractivity contribution in [3.8, 4) is 0 Å². The highest BCUT2D eigenvalue weighted by atomic mass is 35.5.